The number of rotatable bonds is 5. The minimum absolute atomic E-state index is 0.0708. The molecule has 3 rings (SSSR count). The van der Waals surface area contributed by atoms with Gasteiger partial charge in [0.15, 0.2) is 0 Å². The van der Waals surface area contributed by atoms with Gasteiger partial charge in [0.1, 0.15) is 0 Å². The average Bonchev–Trinajstić information content (AvgIpc) is 2.45. The zero-order valence-corrected chi connectivity index (χ0v) is 11.2. The molecule has 1 atom stereocenters. The van der Waals surface area contributed by atoms with Gasteiger partial charge in [-0.15, -0.1) is 0 Å². The number of nitrogens with one attached hydrogen (secondary N) is 1. The summed E-state index contributed by atoms with van der Waals surface area (Å²) in [5, 5.41) is 2.92. The molecular weight excluding hydrogens is 256 g/mol. The lowest BCUT2D eigenvalue weighted by Gasteiger charge is -2.31. The van der Waals surface area contributed by atoms with Gasteiger partial charge in [0.25, 0.3) is 5.92 Å². The molecule has 1 aliphatic rings. The third-order valence-corrected chi connectivity index (χ3v) is 3.90. The van der Waals surface area contributed by atoms with E-state index in [1.54, 1.807) is 18.2 Å². The van der Waals surface area contributed by atoms with Gasteiger partial charge in [-0.3, -0.25) is 0 Å². The molecule has 0 radical (unpaired) electrons. The van der Waals surface area contributed by atoms with Crippen LogP contribution in [0.25, 0.3) is 0 Å². The summed E-state index contributed by atoms with van der Waals surface area (Å²) in [6, 6.07) is 16.2. The van der Waals surface area contributed by atoms with Crippen LogP contribution >= 0.6 is 0 Å². The molecule has 1 nitrogen and oxygen atoms in total. The van der Waals surface area contributed by atoms with Crippen LogP contribution in [0.4, 0.5) is 8.78 Å². The number of halogens is 2. The molecule has 0 aromatic heterocycles. The van der Waals surface area contributed by atoms with Crippen molar-refractivity contribution in [2.24, 2.45) is 0 Å². The van der Waals surface area contributed by atoms with Crippen LogP contribution in [0.1, 0.15) is 22.6 Å². The van der Waals surface area contributed by atoms with Gasteiger partial charge in [-0.05, 0) is 17.5 Å². The van der Waals surface area contributed by atoms with Crippen molar-refractivity contribution in [2.75, 3.05) is 13.1 Å². The predicted octanol–water partition coefficient (Wildman–Crippen LogP) is 3.71. The van der Waals surface area contributed by atoms with Crippen LogP contribution in [0.15, 0.2) is 54.6 Å². The van der Waals surface area contributed by atoms with Crippen LogP contribution in [0.2, 0.25) is 0 Å². The van der Waals surface area contributed by atoms with Crippen molar-refractivity contribution in [1.29, 1.82) is 0 Å². The van der Waals surface area contributed by atoms with Gasteiger partial charge in [0.2, 0.25) is 0 Å². The Morgan fingerprint density at radius 1 is 1.00 bits per heavy atom. The molecule has 2 aromatic rings. The number of benzene rings is 2. The molecule has 20 heavy (non-hydrogen) atoms. The summed E-state index contributed by atoms with van der Waals surface area (Å²) in [5.74, 6) is -2.44. The van der Waals surface area contributed by atoms with Gasteiger partial charge in [0, 0.05) is 18.0 Å². The summed E-state index contributed by atoms with van der Waals surface area (Å²) >= 11 is 0. The highest BCUT2D eigenvalue weighted by molar-refractivity contribution is 5.40. The minimum Gasteiger partial charge on any atom is -0.310 e. The van der Waals surface area contributed by atoms with Gasteiger partial charge in [-0.1, -0.05) is 54.6 Å². The highest BCUT2D eigenvalue weighted by Crippen LogP contribution is 2.34. The van der Waals surface area contributed by atoms with Gasteiger partial charge in [0.05, 0.1) is 6.54 Å². The number of hydrogen-bond donors (Lipinski definition) is 1. The quantitative estimate of drug-likeness (QED) is 0.875. The summed E-state index contributed by atoms with van der Waals surface area (Å²) < 4.78 is 27.9. The monoisotopic (exact) mass is 273 g/mol. The second kappa shape index (κ2) is 5.33. The van der Waals surface area contributed by atoms with Gasteiger partial charge in [-0.25, -0.2) is 0 Å². The Kier molecular flexibility index (Phi) is 3.53. The summed E-state index contributed by atoms with van der Waals surface area (Å²) in [6.45, 7) is 0.301. The van der Waals surface area contributed by atoms with Gasteiger partial charge >= 0.3 is 0 Å². The Bertz CT molecular complexity index is 581. The van der Waals surface area contributed by atoms with Gasteiger partial charge in [-0.2, -0.15) is 8.78 Å². The van der Waals surface area contributed by atoms with E-state index in [9.17, 15) is 8.78 Å². The van der Waals surface area contributed by atoms with Crippen LogP contribution in [0.3, 0.4) is 0 Å². The lowest BCUT2D eigenvalue weighted by atomic mass is 9.77. The molecule has 1 N–H and O–H groups in total. The Hall–Kier alpha value is -1.74. The molecule has 0 saturated carbocycles. The summed E-state index contributed by atoms with van der Waals surface area (Å²) in [5.41, 5.74) is 2.71. The maximum atomic E-state index is 14.0. The van der Waals surface area contributed by atoms with Crippen LogP contribution in [-0.2, 0) is 12.3 Å². The molecule has 0 bridgehead atoms. The molecule has 2 aromatic carbocycles. The lowest BCUT2D eigenvalue weighted by molar-refractivity contribution is -0.00338. The first-order valence-electron chi connectivity index (χ1n) is 6.89. The predicted molar refractivity (Wildman–Crippen MR) is 76.1 cm³/mol. The molecule has 0 spiro atoms. The Morgan fingerprint density at radius 2 is 1.70 bits per heavy atom. The van der Waals surface area contributed by atoms with E-state index < -0.39 is 5.92 Å². The summed E-state index contributed by atoms with van der Waals surface area (Å²) in [4.78, 5) is 0. The van der Waals surface area contributed by atoms with E-state index in [4.69, 9.17) is 0 Å². The highest BCUT2D eigenvalue weighted by atomic mass is 19.3. The van der Waals surface area contributed by atoms with Crippen molar-refractivity contribution >= 4 is 0 Å². The van der Waals surface area contributed by atoms with E-state index >= 15 is 0 Å². The van der Waals surface area contributed by atoms with Gasteiger partial charge < -0.3 is 5.32 Å². The van der Waals surface area contributed by atoms with Crippen LogP contribution < -0.4 is 5.32 Å². The lowest BCUT2D eigenvalue weighted by Crippen LogP contribution is -2.36. The third kappa shape index (κ3) is 2.59. The van der Waals surface area contributed by atoms with E-state index in [1.165, 1.54) is 23.3 Å². The maximum Gasteiger partial charge on any atom is 0.285 e. The summed E-state index contributed by atoms with van der Waals surface area (Å²) in [6.07, 6.45) is 0.986. The highest BCUT2D eigenvalue weighted by Gasteiger charge is 2.32. The maximum absolute atomic E-state index is 14.0. The second-order valence-electron chi connectivity index (χ2n) is 5.30. The average molecular weight is 273 g/mol. The third-order valence-electron chi connectivity index (χ3n) is 3.90. The Morgan fingerprint density at radius 3 is 2.45 bits per heavy atom. The van der Waals surface area contributed by atoms with Crippen molar-refractivity contribution in [3.8, 4) is 0 Å². The van der Waals surface area contributed by atoms with E-state index in [0.29, 0.717) is 12.5 Å². The molecule has 104 valence electrons. The normalized spacial score (nSPS) is 17.4. The number of hydrogen-bond acceptors (Lipinski definition) is 1. The topological polar surface area (TPSA) is 12.0 Å². The molecule has 1 aliphatic carbocycles. The Balaban J connectivity index is 1.54. The molecule has 3 heteroatoms. The van der Waals surface area contributed by atoms with E-state index in [2.05, 4.69) is 17.4 Å². The van der Waals surface area contributed by atoms with Crippen LogP contribution in [0, 0.1) is 0 Å². The first kappa shape index (κ1) is 13.3. The fraction of sp³-hybridized carbons (Fsp3) is 0.294. The number of alkyl halides is 2. The van der Waals surface area contributed by atoms with Crippen molar-refractivity contribution in [2.45, 2.75) is 18.3 Å². The van der Waals surface area contributed by atoms with E-state index in [0.717, 1.165) is 6.42 Å². The van der Waals surface area contributed by atoms with Crippen molar-refractivity contribution in [1.82, 2.24) is 5.32 Å². The molecule has 0 heterocycles. The fourth-order valence-corrected chi connectivity index (χ4v) is 2.73. The first-order valence-corrected chi connectivity index (χ1v) is 6.89. The fourth-order valence-electron chi connectivity index (χ4n) is 2.73. The zero-order valence-electron chi connectivity index (χ0n) is 11.2. The summed E-state index contributed by atoms with van der Waals surface area (Å²) in [7, 11) is 0. The zero-order chi connectivity index (χ0) is 14.0. The number of fused-ring (bicyclic) bond motifs is 1. The first-order chi connectivity index (χ1) is 9.67. The van der Waals surface area contributed by atoms with Crippen LogP contribution in [0.5, 0.6) is 0 Å². The smallest absolute Gasteiger partial charge is 0.285 e. The van der Waals surface area contributed by atoms with Crippen LogP contribution in [-0.4, -0.2) is 13.1 Å². The molecule has 0 saturated heterocycles. The SMILES string of the molecule is FC(F)(CNCC1Cc2ccccc21)c1ccccc1. The van der Waals surface area contributed by atoms with E-state index in [1.807, 2.05) is 12.1 Å². The molecule has 0 aliphatic heterocycles. The molecule has 0 fully saturated rings. The molecular formula is C17H17F2N. The van der Waals surface area contributed by atoms with Crippen molar-refractivity contribution in [3.05, 3.63) is 71.3 Å². The van der Waals surface area contributed by atoms with Crippen molar-refractivity contribution in [3.63, 3.8) is 0 Å². The minimum atomic E-state index is -2.81. The Labute approximate surface area is 117 Å². The second-order valence-corrected chi connectivity index (χ2v) is 5.30. The van der Waals surface area contributed by atoms with Crippen molar-refractivity contribution < 1.29 is 8.78 Å². The standard InChI is InChI=1S/C17H17F2N/c18-17(19,15-7-2-1-3-8-15)12-20-11-14-10-13-6-4-5-9-16(13)14/h1-9,14,20H,10-12H2. The largest absolute Gasteiger partial charge is 0.310 e. The molecule has 0 amide bonds. The molecule has 1 unspecified atom stereocenters. The van der Waals surface area contributed by atoms with E-state index in [-0.39, 0.29) is 12.1 Å².